The van der Waals surface area contributed by atoms with Gasteiger partial charge >= 0.3 is 5.97 Å². The molecule has 5 nitrogen and oxygen atoms in total. The molecule has 0 unspecified atom stereocenters. The number of hydrogen-bond acceptors (Lipinski definition) is 5. The SMILES string of the molecule is CCOC(=O)C1=C[C@@H]2CCO[C@]12N1CCOCC1. The summed E-state index contributed by atoms with van der Waals surface area (Å²) in [6.45, 7) is 5.97. The van der Waals surface area contributed by atoms with Crippen LogP contribution in [0.5, 0.6) is 0 Å². The van der Waals surface area contributed by atoms with Crippen molar-refractivity contribution in [2.75, 3.05) is 39.5 Å². The number of esters is 1. The minimum atomic E-state index is -0.518. The average Bonchev–Trinajstić information content (AvgIpc) is 2.69. The minimum Gasteiger partial charge on any atom is -0.463 e. The van der Waals surface area contributed by atoms with Crippen LogP contribution in [0.3, 0.4) is 0 Å². The normalized spacial score (nSPS) is 35.6. The van der Waals surface area contributed by atoms with E-state index in [0.29, 0.717) is 37.9 Å². The summed E-state index contributed by atoms with van der Waals surface area (Å²) in [5.74, 6) is 0.0946. The van der Waals surface area contributed by atoms with Crippen molar-refractivity contribution in [2.45, 2.75) is 19.1 Å². The lowest BCUT2D eigenvalue weighted by Gasteiger charge is -2.50. The highest BCUT2D eigenvalue weighted by Crippen LogP contribution is 2.50. The molecule has 18 heavy (non-hydrogen) atoms. The molecule has 0 aromatic carbocycles. The fraction of sp³-hybridized carbons (Fsp3) is 0.769. The first-order valence-corrected chi connectivity index (χ1v) is 6.65. The number of carbonyl (C=O) groups is 1. The van der Waals surface area contributed by atoms with Crippen molar-refractivity contribution in [1.82, 2.24) is 4.90 Å². The molecule has 0 radical (unpaired) electrons. The zero-order valence-corrected chi connectivity index (χ0v) is 10.7. The van der Waals surface area contributed by atoms with E-state index in [4.69, 9.17) is 14.2 Å². The van der Waals surface area contributed by atoms with Gasteiger partial charge in [0.25, 0.3) is 0 Å². The third kappa shape index (κ3) is 1.61. The first kappa shape index (κ1) is 12.1. The molecule has 0 aromatic rings. The summed E-state index contributed by atoms with van der Waals surface area (Å²) in [4.78, 5) is 14.2. The number of rotatable bonds is 3. The Labute approximate surface area is 107 Å². The molecule has 1 aliphatic carbocycles. The molecule has 3 aliphatic rings. The van der Waals surface area contributed by atoms with Crippen molar-refractivity contribution in [3.63, 3.8) is 0 Å². The topological polar surface area (TPSA) is 48.0 Å². The lowest BCUT2D eigenvalue weighted by Crippen LogP contribution is -2.62. The molecule has 100 valence electrons. The average molecular weight is 253 g/mol. The Hall–Kier alpha value is -0.910. The van der Waals surface area contributed by atoms with Crippen LogP contribution in [0.25, 0.3) is 0 Å². The summed E-state index contributed by atoms with van der Waals surface area (Å²) in [5.41, 5.74) is 0.171. The highest BCUT2D eigenvalue weighted by atomic mass is 16.6. The van der Waals surface area contributed by atoms with E-state index in [1.165, 1.54) is 0 Å². The van der Waals surface area contributed by atoms with Crippen molar-refractivity contribution in [3.8, 4) is 0 Å². The third-order valence-corrected chi connectivity index (χ3v) is 3.98. The van der Waals surface area contributed by atoms with Crippen LogP contribution in [0.15, 0.2) is 11.6 Å². The smallest absolute Gasteiger partial charge is 0.338 e. The van der Waals surface area contributed by atoms with Crippen LogP contribution in [0.2, 0.25) is 0 Å². The summed E-state index contributed by atoms with van der Waals surface area (Å²) in [5, 5.41) is 0. The number of nitrogens with zero attached hydrogens (tertiary/aromatic N) is 1. The van der Waals surface area contributed by atoms with Gasteiger partial charge in [-0.3, -0.25) is 4.90 Å². The Kier molecular flexibility index (Phi) is 3.13. The fourth-order valence-corrected chi connectivity index (χ4v) is 3.16. The van der Waals surface area contributed by atoms with Crippen molar-refractivity contribution < 1.29 is 19.0 Å². The summed E-state index contributed by atoms with van der Waals surface area (Å²) in [7, 11) is 0. The minimum absolute atomic E-state index is 0.234. The van der Waals surface area contributed by atoms with Gasteiger partial charge in [-0.1, -0.05) is 6.08 Å². The van der Waals surface area contributed by atoms with Crippen LogP contribution in [-0.2, 0) is 19.0 Å². The van der Waals surface area contributed by atoms with Crippen LogP contribution in [0.1, 0.15) is 13.3 Å². The quantitative estimate of drug-likeness (QED) is 0.688. The maximum absolute atomic E-state index is 12.0. The summed E-state index contributed by atoms with van der Waals surface area (Å²) in [6, 6.07) is 0. The first-order chi connectivity index (χ1) is 8.79. The number of fused-ring (bicyclic) bond motifs is 1. The van der Waals surface area contributed by atoms with Gasteiger partial charge in [0.05, 0.1) is 32.0 Å². The Morgan fingerprint density at radius 3 is 2.94 bits per heavy atom. The molecule has 0 N–H and O–H groups in total. The van der Waals surface area contributed by atoms with Crippen LogP contribution in [-0.4, -0.2) is 56.1 Å². The van der Waals surface area contributed by atoms with E-state index in [1.807, 2.05) is 13.0 Å². The van der Waals surface area contributed by atoms with Crippen LogP contribution < -0.4 is 0 Å². The third-order valence-electron chi connectivity index (χ3n) is 3.98. The molecule has 0 amide bonds. The maximum Gasteiger partial charge on any atom is 0.338 e. The number of carbonyl (C=O) groups excluding carboxylic acids is 1. The Morgan fingerprint density at radius 2 is 2.28 bits per heavy atom. The predicted octanol–water partition coefficient (Wildman–Crippen LogP) is 0.554. The largest absolute Gasteiger partial charge is 0.463 e. The molecule has 2 fully saturated rings. The van der Waals surface area contributed by atoms with Crippen molar-refractivity contribution in [2.24, 2.45) is 5.92 Å². The van der Waals surface area contributed by atoms with Crippen LogP contribution in [0, 0.1) is 5.92 Å². The van der Waals surface area contributed by atoms with E-state index in [0.717, 1.165) is 19.5 Å². The Morgan fingerprint density at radius 1 is 1.50 bits per heavy atom. The number of ether oxygens (including phenoxy) is 3. The van der Waals surface area contributed by atoms with Crippen molar-refractivity contribution >= 4 is 5.97 Å². The molecule has 2 saturated heterocycles. The van der Waals surface area contributed by atoms with Crippen molar-refractivity contribution in [3.05, 3.63) is 11.6 Å². The van der Waals surface area contributed by atoms with E-state index >= 15 is 0 Å². The number of hydrogen-bond donors (Lipinski definition) is 0. The van der Waals surface area contributed by atoms with Gasteiger partial charge in [-0.05, 0) is 13.3 Å². The molecule has 2 aliphatic heterocycles. The van der Waals surface area contributed by atoms with E-state index in [2.05, 4.69) is 4.90 Å². The zero-order valence-electron chi connectivity index (χ0n) is 10.7. The van der Waals surface area contributed by atoms with E-state index in [-0.39, 0.29) is 5.97 Å². The van der Waals surface area contributed by atoms with Gasteiger partial charge in [0.15, 0.2) is 5.72 Å². The lowest BCUT2D eigenvalue weighted by molar-refractivity contribution is -0.168. The van der Waals surface area contributed by atoms with Crippen LogP contribution >= 0.6 is 0 Å². The van der Waals surface area contributed by atoms with Crippen molar-refractivity contribution in [1.29, 1.82) is 0 Å². The van der Waals surface area contributed by atoms with E-state index < -0.39 is 5.72 Å². The lowest BCUT2D eigenvalue weighted by atomic mass is 9.75. The van der Waals surface area contributed by atoms with E-state index in [1.54, 1.807) is 0 Å². The van der Waals surface area contributed by atoms with Crippen LogP contribution in [0.4, 0.5) is 0 Å². The molecular weight excluding hydrogens is 234 g/mol. The van der Waals surface area contributed by atoms with Gasteiger partial charge in [0.2, 0.25) is 0 Å². The maximum atomic E-state index is 12.0. The monoisotopic (exact) mass is 253 g/mol. The highest BCUT2D eigenvalue weighted by Gasteiger charge is 2.59. The molecule has 0 aromatic heterocycles. The number of morpholine rings is 1. The Bertz CT molecular complexity index is 375. The highest BCUT2D eigenvalue weighted by molar-refractivity contribution is 5.93. The summed E-state index contributed by atoms with van der Waals surface area (Å²) < 4.78 is 16.5. The second-order valence-electron chi connectivity index (χ2n) is 4.84. The summed E-state index contributed by atoms with van der Waals surface area (Å²) >= 11 is 0. The van der Waals surface area contributed by atoms with Gasteiger partial charge in [-0.25, -0.2) is 4.79 Å². The molecular formula is C13H19NO4. The zero-order chi connectivity index (χ0) is 12.6. The van der Waals surface area contributed by atoms with Gasteiger partial charge in [-0.2, -0.15) is 0 Å². The predicted molar refractivity (Wildman–Crippen MR) is 63.9 cm³/mol. The van der Waals surface area contributed by atoms with Gasteiger partial charge < -0.3 is 14.2 Å². The van der Waals surface area contributed by atoms with Gasteiger partial charge in [-0.15, -0.1) is 0 Å². The second-order valence-corrected chi connectivity index (χ2v) is 4.84. The fourth-order valence-electron chi connectivity index (χ4n) is 3.16. The molecule has 0 saturated carbocycles. The Balaban J connectivity index is 1.83. The molecule has 0 spiro atoms. The van der Waals surface area contributed by atoms with Gasteiger partial charge in [0, 0.05) is 19.0 Å². The molecule has 2 heterocycles. The molecule has 3 rings (SSSR count). The molecule has 0 bridgehead atoms. The molecule has 5 heteroatoms. The van der Waals surface area contributed by atoms with Gasteiger partial charge in [0.1, 0.15) is 0 Å². The summed E-state index contributed by atoms with van der Waals surface area (Å²) in [6.07, 6.45) is 3.00. The first-order valence-electron chi connectivity index (χ1n) is 6.65. The second kappa shape index (κ2) is 4.64. The standard InChI is InChI=1S/C13H19NO4/c1-2-17-12(15)11-9-10-3-6-18-13(10,11)14-4-7-16-8-5-14/h9-10H,2-8H2,1H3/t10-,13-/m0/s1. The van der Waals surface area contributed by atoms with E-state index in [9.17, 15) is 4.79 Å². The molecule has 2 atom stereocenters.